The predicted octanol–water partition coefficient (Wildman–Crippen LogP) is 2.12. The minimum Gasteiger partial charge on any atom is -0.379 e. The molecule has 1 aromatic rings. The first-order valence-electron chi connectivity index (χ1n) is 7.47. The van der Waals surface area contributed by atoms with E-state index in [0.717, 1.165) is 24.2 Å². The maximum atomic E-state index is 12.0. The Morgan fingerprint density at radius 1 is 1.43 bits per heavy atom. The minimum atomic E-state index is -0.246. The predicted molar refractivity (Wildman–Crippen MR) is 84.6 cm³/mol. The number of benzene rings is 1. The van der Waals surface area contributed by atoms with Crippen molar-refractivity contribution in [3.8, 4) is 0 Å². The molecular formula is C16H25N3O2. The van der Waals surface area contributed by atoms with Gasteiger partial charge >= 0.3 is 6.03 Å². The third kappa shape index (κ3) is 4.11. The lowest BCUT2D eigenvalue weighted by atomic mass is 10.0. The van der Waals surface area contributed by atoms with Gasteiger partial charge in [0.25, 0.3) is 0 Å². The van der Waals surface area contributed by atoms with Crippen molar-refractivity contribution in [1.29, 1.82) is 0 Å². The van der Waals surface area contributed by atoms with Crippen LogP contribution in [-0.4, -0.2) is 38.4 Å². The van der Waals surface area contributed by atoms with E-state index in [4.69, 9.17) is 4.74 Å². The van der Waals surface area contributed by atoms with E-state index in [2.05, 4.69) is 35.6 Å². The van der Waals surface area contributed by atoms with Crippen LogP contribution in [-0.2, 0) is 11.3 Å². The van der Waals surface area contributed by atoms with Crippen LogP contribution in [0, 0.1) is 0 Å². The molecule has 1 aliphatic heterocycles. The van der Waals surface area contributed by atoms with Crippen molar-refractivity contribution in [2.24, 2.45) is 0 Å². The molecule has 0 radical (unpaired) electrons. The van der Waals surface area contributed by atoms with Crippen LogP contribution < -0.4 is 15.5 Å². The van der Waals surface area contributed by atoms with Crippen LogP contribution in [0.2, 0.25) is 0 Å². The molecule has 1 fully saturated rings. The molecule has 1 aliphatic rings. The molecule has 1 heterocycles. The second-order valence-electron chi connectivity index (χ2n) is 5.81. The summed E-state index contributed by atoms with van der Waals surface area (Å²) in [6, 6.07) is 7.99. The number of hydrogen-bond donors (Lipinski definition) is 2. The maximum absolute atomic E-state index is 12.0. The van der Waals surface area contributed by atoms with Gasteiger partial charge in [0.15, 0.2) is 0 Å². The van der Waals surface area contributed by atoms with Crippen LogP contribution in [0.25, 0.3) is 0 Å². The number of amides is 2. The third-order valence-corrected chi connectivity index (χ3v) is 3.95. The fourth-order valence-electron chi connectivity index (χ4n) is 2.46. The average Bonchev–Trinajstić information content (AvgIpc) is 2.90. The molecule has 21 heavy (non-hydrogen) atoms. The fraction of sp³-hybridized carbons (Fsp3) is 0.562. The quantitative estimate of drug-likeness (QED) is 0.874. The van der Waals surface area contributed by atoms with Crippen molar-refractivity contribution in [3.05, 3.63) is 29.8 Å². The van der Waals surface area contributed by atoms with Gasteiger partial charge in [0, 0.05) is 32.4 Å². The van der Waals surface area contributed by atoms with Gasteiger partial charge in [-0.3, -0.25) is 0 Å². The summed E-state index contributed by atoms with van der Waals surface area (Å²) in [7, 11) is 2.05. The smallest absolute Gasteiger partial charge is 0.315 e. The number of urea groups is 1. The van der Waals surface area contributed by atoms with E-state index in [0.29, 0.717) is 19.8 Å². The van der Waals surface area contributed by atoms with Gasteiger partial charge < -0.3 is 20.3 Å². The highest BCUT2D eigenvalue weighted by Crippen LogP contribution is 2.19. The van der Waals surface area contributed by atoms with Crippen LogP contribution >= 0.6 is 0 Å². The highest BCUT2D eigenvalue weighted by molar-refractivity contribution is 5.75. The van der Waals surface area contributed by atoms with Crippen molar-refractivity contribution < 1.29 is 9.53 Å². The summed E-state index contributed by atoms with van der Waals surface area (Å²) in [6.07, 6.45) is 0.857. The van der Waals surface area contributed by atoms with E-state index in [-0.39, 0.29) is 11.6 Å². The molecule has 0 aliphatic carbocycles. The Morgan fingerprint density at radius 2 is 2.19 bits per heavy atom. The second-order valence-corrected chi connectivity index (χ2v) is 5.81. The van der Waals surface area contributed by atoms with Crippen LogP contribution in [0.4, 0.5) is 10.5 Å². The topological polar surface area (TPSA) is 53.6 Å². The van der Waals surface area contributed by atoms with Gasteiger partial charge in [-0.2, -0.15) is 0 Å². The van der Waals surface area contributed by atoms with E-state index >= 15 is 0 Å². The molecule has 116 valence electrons. The summed E-state index contributed by atoms with van der Waals surface area (Å²) in [4.78, 5) is 14.2. The summed E-state index contributed by atoms with van der Waals surface area (Å²) in [5.74, 6) is 0. The molecule has 2 rings (SSSR count). The van der Waals surface area contributed by atoms with Gasteiger partial charge in [-0.25, -0.2) is 4.79 Å². The van der Waals surface area contributed by atoms with E-state index < -0.39 is 0 Å². The van der Waals surface area contributed by atoms with E-state index in [1.165, 1.54) is 0 Å². The zero-order valence-corrected chi connectivity index (χ0v) is 13.1. The summed E-state index contributed by atoms with van der Waals surface area (Å²) in [5, 5.41) is 5.94. The van der Waals surface area contributed by atoms with E-state index in [1.807, 2.05) is 25.1 Å². The molecule has 1 saturated heterocycles. The van der Waals surface area contributed by atoms with Gasteiger partial charge in [-0.15, -0.1) is 0 Å². The number of nitrogens with one attached hydrogen (secondary N) is 2. The van der Waals surface area contributed by atoms with E-state index in [1.54, 1.807) is 0 Å². The van der Waals surface area contributed by atoms with Gasteiger partial charge in [-0.1, -0.05) is 18.2 Å². The molecule has 5 heteroatoms. The van der Waals surface area contributed by atoms with Crippen LogP contribution in [0.1, 0.15) is 25.8 Å². The van der Waals surface area contributed by atoms with Crippen molar-refractivity contribution in [1.82, 2.24) is 10.6 Å². The first-order valence-corrected chi connectivity index (χ1v) is 7.47. The monoisotopic (exact) mass is 291 g/mol. The molecule has 1 unspecified atom stereocenters. The van der Waals surface area contributed by atoms with Crippen molar-refractivity contribution in [2.45, 2.75) is 32.4 Å². The Morgan fingerprint density at radius 3 is 2.86 bits per heavy atom. The molecule has 5 nitrogen and oxygen atoms in total. The molecular weight excluding hydrogens is 266 g/mol. The Bertz CT molecular complexity index is 484. The molecule has 1 atom stereocenters. The molecule has 2 N–H and O–H groups in total. The largest absolute Gasteiger partial charge is 0.379 e. The maximum Gasteiger partial charge on any atom is 0.315 e. The first kappa shape index (κ1) is 15.6. The Kier molecular flexibility index (Phi) is 5.07. The lowest BCUT2D eigenvalue weighted by Gasteiger charge is -2.24. The number of anilines is 1. The lowest BCUT2D eigenvalue weighted by Crippen LogP contribution is -2.50. The van der Waals surface area contributed by atoms with Crippen molar-refractivity contribution in [3.63, 3.8) is 0 Å². The Balaban J connectivity index is 1.92. The Hall–Kier alpha value is -1.75. The summed E-state index contributed by atoms with van der Waals surface area (Å²) in [6.45, 7) is 6.86. The van der Waals surface area contributed by atoms with Crippen LogP contribution in [0.3, 0.4) is 0 Å². The Labute approximate surface area is 126 Å². The normalized spacial score (nSPS) is 21.1. The second kappa shape index (κ2) is 6.80. The molecule has 0 bridgehead atoms. The molecule has 1 aromatic carbocycles. The van der Waals surface area contributed by atoms with Gasteiger partial charge in [0.2, 0.25) is 0 Å². The van der Waals surface area contributed by atoms with Gasteiger partial charge in [0.05, 0.1) is 12.1 Å². The SMILES string of the molecule is CCN(C)c1ccccc1CNC(=O)NC1(C)CCOC1. The highest BCUT2D eigenvalue weighted by atomic mass is 16.5. The summed E-state index contributed by atoms with van der Waals surface area (Å²) < 4.78 is 5.34. The van der Waals surface area contributed by atoms with Crippen LogP contribution in [0.15, 0.2) is 24.3 Å². The summed E-state index contributed by atoms with van der Waals surface area (Å²) in [5.41, 5.74) is 2.02. The number of para-hydroxylation sites is 1. The van der Waals surface area contributed by atoms with Crippen LogP contribution in [0.5, 0.6) is 0 Å². The minimum absolute atomic E-state index is 0.142. The van der Waals surface area contributed by atoms with E-state index in [9.17, 15) is 4.79 Å². The zero-order valence-electron chi connectivity index (χ0n) is 13.1. The number of carbonyl (C=O) groups excluding carboxylic acids is 1. The molecule has 2 amide bonds. The number of carbonyl (C=O) groups is 1. The lowest BCUT2D eigenvalue weighted by molar-refractivity contribution is 0.170. The molecule has 0 aromatic heterocycles. The number of nitrogens with zero attached hydrogens (tertiary/aromatic N) is 1. The third-order valence-electron chi connectivity index (χ3n) is 3.95. The number of rotatable bonds is 5. The standard InChI is InChI=1S/C16H25N3O2/c1-4-19(3)14-8-6-5-7-13(14)11-17-15(20)18-16(2)9-10-21-12-16/h5-8H,4,9-12H2,1-3H3,(H2,17,18,20). The highest BCUT2D eigenvalue weighted by Gasteiger charge is 2.31. The molecule has 0 saturated carbocycles. The fourth-order valence-corrected chi connectivity index (χ4v) is 2.46. The first-order chi connectivity index (χ1) is 10.0. The van der Waals surface area contributed by atoms with Gasteiger partial charge in [0.1, 0.15) is 0 Å². The zero-order chi connectivity index (χ0) is 15.3. The number of hydrogen-bond acceptors (Lipinski definition) is 3. The number of ether oxygens (including phenoxy) is 1. The average molecular weight is 291 g/mol. The van der Waals surface area contributed by atoms with Crippen molar-refractivity contribution >= 4 is 11.7 Å². The summed E-state index contributed by atoms with van der Waals surface area (Å²) >= 11 is 0. The van der Waals surface area contributed by atoms with Gasteiger partial charge in [-0.05, 0) is 31.9 Å². The van der Waals surface area contributed by atoms with Crippen molar-refractivity contribution in [2.75, 3.05) is 31.7 Å². The molecule has 0 spiro atoms.